The summed E-state index contributed by atoms with van der Waals surface area (Å²) in [5.41, 5.74) is 7.84. The van der Waals surface area contributed by atoms with E-state index in [9.17, 15) is 14.7 Å². The van der Waals surface area contributed by atoms with E-state index in [1.54, 1.807) is 53.9 Å². The molecule has 7 heteroatoms. The molecule has 25 heavy (non-hydrogen) atoms. The number of rotatable bonds is 4. The maximum atomic E-state index is 12.3. The van der Waals surface area contributed by atoms with Crippen molar-refractivity contribution in [1.29, 1.82) is 0 Å². The Hall–Kier alpha value is -2.83. The third-order valence-corrected chi connectivity index (χ3v) is 4.71. The van der Waals surface area contributed by atoms with Crippen molar-refractivity contribution in [2.24, 2.45) is 0 Å². The molecular formula is C18H13ClN2O3S. The third kappa shape index (κ3) is 3.65. The standard InChI is InChI=1S/C18H13ClN2O3S/c19-12-5-1-10(2-6-12)14-9-25-17(15(14)18(23)24)21-16(22)11-3-7-13(20)8-4-11/h1-9H,20H2,(H,21,22)(H,23,24). The van der Waals surface area contributed by atoms with Crippen molar-refractivity contribution in [3.63, 3.8) is 0 Å². The van der Waals surface area contributed by atoms with Gasteiger partial charge in [0.2, 0.25) is 0 Å². The Bertz CT molecular complexity index is 934. The van der Waals surface area contributed by atoms with Gasteiger partial charge in [0.1, 0.15) is 10.6 Å². The van der Waals surface area contributed by atoms with E-state index in [4.69, 9.17) is 17.3 Å². The molecule has 0 saturated carbocycles. The smallest absolute Gasteiger partial charge is 0.339 e. The maximum Gasteiger partial charge on any atom is 0.339 e. The van der Waals surface area contributed by atoms with Gasteiger partial charge in [-0.2, -0.15) is 0 Å². The first-order valence-electron chi connectivity index (χ1n) is 7.23. The Morgan fingerprint density at radius 1 is 1.04 bits per heavy atom. The molecule has 1 heterocycles. The summed E-state index contributed by atoms with van der Waals surface area (Å²) in [4.78, 5) is 24.1. The summed E-state index contributed by atoms with van der Waals surface area (Å²) in [5.74, 6) is -1.51. The van der Waals surface area contributed by atoms with Crippen LogP contribution in [0.4, 0.5) is 10.7 Å². The molecule has 5 nitrogen and oxygen atoms in total. The fraction of sp³-hybridized carbons (Fsp3) is 0. The minimum atomic E-state index is -1.11. The molecule has 0 atom stereocenters. The molecule has 0 saturated heterocycles. The SMILES string of the molecule is Nc1ccc(C(=O)Nc2scc(-c3ccc(Cl)cc3)c2C(=O)O)cc1. The number of anilines is 2. The molecule has 2 aromatic carbocycles. The van der Waals surface area contributed by atoms with E-state index in [1.807, 2.05) is 0 Å². The van der Waals surface area contributed by atoms with Crippen LogP contribution in [0.15, 0.2) is 53.9 Å². The highest BCUT2D eigenvalue weighted by molar-refractivity contribution is 7.15. The van der Waals surface area contributed by atoms with E-state index >= 15 is 0 Å². The van der Waals surface area contributed by atoms with E-state index in [-0.39, 0.29) is 10.6 Å². The zero-order valence-corrected chi connectivity index (χ0v) is 14.4. The van der Waals surface area contributed by atoms with Crippen molar-refractivity contribution in [2.45, 2.75) is 0 Å². The topological polar surface area (TPSA) is 92.4 Å². The first-order chi connectivity index (χ1) is 12.0. The van der Waals surface area contributed by atoms with Gasteiger partial charge in [-0.3, -0.25) is 4.79 Å². The van der Waals surface area contributed by atoms with Crippen LogP contribution >= 0.6 is 22.9 Å². The molecular weight excluding hydrogens is 360 g/mol. The van der Waals surface area contributed by atoms with Crippen molar-refractivity contribution in [1.82, 2.24) is 0 Å². The number of aromatic carboxylic acids is 1. The molecule has 126 valence electrons. The summed E-state index contributed by atoms with van der Waals surface area (Å²) >= 11 is 7.03. The molecule has 3 aromatic rings. The van der Waals surface area contributed by atoms with Crippen molar-refractivity contribution < 1.29 is 14.7 Å². The normalized spacial score (nSPS) is 10.4. The lowest BCUT2D eigenvalue weighted by atomic mass is 10.0. The minimum absolute atomic E-state index is 0.0520. The Morgan fingerprint density at radius 2 is 1.68 bits per heavy atom. The highest BCUT2D eigenvalue weighted by Crippen LogP contribution is 2.36. The molecule has 4 N–H and O–H groups in total. The summed E-state index contributed by atoms with van der Waals surface area (Å²) < 4.78 is 0. The number of carboxylic acids is 1. The van der Waals surface area contributed by atoms with Gasteiger partial charge in [-0.15, -0.1) is 11.3 Å². The lowest BCUT2D eigenvalue weighted by molar-refractivity contribution is 0.0699. The zero-order chi connectivity index (χ0) is 18.0. The first kappa shape index (κ1) is 17.0. The highest BCUT2D eigenvalue weighted by Gasteiger charge is 2.21. The molecule has 0 aliphatic heterocycles. The fourth-order valence-corrected chi connectivity index (χ4v) is 3.40. The van der Waals surface area contributed by atoms with Gasteiger partial charge in [0, 0.05) is 27.2 Å². The van der Waals surface area contributed by atoms with E-state index in [0.717, 1.165) is 11.3 Å². The van der Waals surface area contributed by atoms with E-state index in [0.29, 0.717) is 27.4 Å². The van der Waals surface area contributed by atoms with E-state index in [1.165, 1.54) is 0 Å². The predicted octanol–water partition coefficient (Wildman–Crippen LogP) is 4.60. The van der Waals surface area contributed by atoms with Gasteiger partial charge >= 0.3 is 5.97 Å². The van der Waals surface area contributed by atoms with Crippen LogP contribution in [0.1, 0.15) is 20.7 Å². The summed E-state index contributed by atoms with van der Waals surface area (Å²) in [5, 5.41) is 14.8. The Balaban J connectivity index is 1.94. The van der Waals surface area contributed by atoms with Gasteiger partial charge in [0.15, 0.2) is 0 Å². The molecule has 0 aliphatic carbocycles. The average molecular weight is 373 g/mol. The van der Waals surface area contributed by atoms with Crippen molar-refractivity contribution in [2.75, 3.05) is 11.1 Å². The largest absolute Gasteiger partial charge is 0.478 e. The quantitative estimate of drug-likeness (QED) is 0.583. The number of nitrogens with one attached hydrogen (secondary N) is 1. The summed E-state index contributed by atoms with van der Waals surface area (Å²) in [6.07, 6.45) is 0. The number of amides is 1. The second kappa shape index (κ2) is 6.96. The fourth-order valence-electron chi connectivity index (χ4n) is 2.31. The molecule has 0 radical (unpaired) electrons. The molecule has 0 spiro atoms. The van der Waals surface area contributed by atoms with Crippen LogP contribution in [-0.2, 0) is 0 Å². The second-order valence-corrected chi connectivity index (χ2v) is 6.56. The Morgan fingerprint density at radius 3 is 2.28 bits per heavy atom. The van der Waals surface area contributed by atoms with Crippen LogP contribution in [0.2, 0.25) is 5.02 Å². The van der Waals surface area contributed by atoms with E-state index in [2.05, 4.69) is 5.32 Å². The third-order valence-electron chi connectivity index (χ3n) is 3.56. The van der Waals surface area contributed by atoms with Crippen LogP contribution in [0.3, 0.4) is 0 Å². The molecule has 0 bridgehead atoms. The summed E-state index contributed by atoms with van der Waals surface area (Å²) in [6, 6.07) is 13.2. The molecule has 3 rings (SSSR count). The van der Waals surface area contributed by atoms with E-state index < -0.39 is 11.9 Å². The van der Waals surface area contributed by atoms with Crippen LogP contribution in [-0.4, -0.2) is 17.0 Å². The number of halogens is 1. The number of thiophene rings is 1. The number of hydrogen-bond acceptors (Lipinski definition) is 4. The van der Waals surface area contributed by atoms with Crippen LogP contribution < -0.4 is 11.1 Å². The number of carbonyl (C=O) groups is 2. The van der Waals surface area contributed by atoms with Crippen LogP contribution in [0.25, 0.3) is 11.1 Å². The Kier molecular flexibility index (Phi) is 4.74. The first-order valence-corrected chi connectivity index (χ1v) is 8.49. The number of benzene rings is 2. The Labute approximate surface area is 152 Å². The zero-order valence-electron chi connectivity index (χ0n) is 12.8. The maximum absolute atomic E-state index is 12.3. The monoisotopic (exact) mass is 372 g/mol. The molecule has 0 aliphatic rings. The van der Waals surface area contributed by atoms with Gasteiger partial charge in [0.05, 0.1) is 0 Å². The highest BCUT2D eigenvalue weighted by atomic mass is 35.5. The van der Waals surface area contributed by atoms with Gasteiger partial charge < -0.3 is 16.2 Å². The number of nitrogen functional groups attached to an aromatic ring is 1. The molecule has 1 aromatic heterocycles. The molecule has 1 amide bonds. The average Bonchev–Trinajstić information content (AvgIpc) is 3.00. The predicted molar refractivity (Wildman–Crippen MR) is 101 cm³/mol. The van der Waals surface area contributed by atoms with Gasteiger partial charge in [-0.25, -0.2) is 4.79 Å². The lowest BCUT2D eigenvalue weighted by Crippen LogP contribution is -2.13. The summed E-state index contributed by atoms with van der Waals surface area (Å²) in [7, 11) is 0. The molecule has 0 fully saturated rings. The number of nitrogens with two attached hydrogens (primary N) is 1. The van der Waals surface area contributed by atoms with Crippen LogP contribution in [0, 0.1) is 0 Å². The van der Waals surface area contributed by atoms with Crippen molar-refractivity contribution in [3.8, 4) is 11.1 Å². The minimum Gasteiger partial charge on any atom is -0.478 e. The molecule has 0 unspecified atom stereocenters. The van der Waals surface area contributed by atoms with Crippen molar-refractivity contribution in [3.05, 3.63) is 70.1 Å². The second-order valence-electron chi connectivity index (χ2n) is 5.24. The summed E-state index contributed by atoms with van der Waals surface area (Å²) in [6.45, 7) is 0. The lowest BCUT2D eigenvalue weighted by Gasteiger charge is -2.06. The number of hydrogen-bond donors (Lipinski definition) is 3. The number of carboxylic acid groups (broad SMARTS) is 1. The van der Waals surface area contributed by atoms with Gasteiger partial charge in [-0.05, 0) is 42.0 Å². The van der Waals surface area contributed by atoms with Crippen LogP contribution in [0.5, 0.6) is 0 Å². The van der Waals surface area contributed by atoms with Crippen molar-refractivity contribution >= 4 is 45.5 Å². The number of carbonyl (C=O) groups excluding carboxylic acids is 1. The van der Waals surface area contributed by atoms with Gasteiger partial charge in [-0.1, -0.05) is 23.7 Å². The van der Waals surface area contributed by atoms with Gasteiger partial charge in [0.25, 0.3) is 5.91 Å².